The number of carbonyl (C=O) groups excluding carboxylic acids is 2. The van der Waals surface area contributed by atoms with E-state index in [0.29, 0.717) is 18.7 Å². The van der Waals surface area contributed by atoms with Gasteiger partial charge in [-0.3, -0.25) is 9.59 Å². The first kappa shape index (κ1) is 10.4. The second-order valence-corrected chi connectivity index (χ2v) is 2.46. The first-order chi connectivity index (χ1) is 5.20. The maximum absolute atomic E-state index is 10.8. The first-order valence-electron chi connectivity index (χ1n) is 3.35. The van der Waals surface area contributed by atoms with E-state index in [4.69, 9.17) is 11.6 Å². The monoisotopic (exact) mass is 178 g/mol. The minimum absolute atomic E-state index is 0.113. The fourth-order valence-electron chi connectivity index (χ4n) is 0.586. The summed E-state index contributed by atoms with van der Waals surface area (Å²) in [7, 11) is 1.26. The van der Waals surface area contributed by atoms with E-state index >= 15 is 0 Å². The largest absolute Gasteiger partial charge is 0.469 e. The molecule has 0 aromatic rings. The average Bonchev–Trinajstić information content (AvgIpc) is 2.00. The van der Waals surface area contributed by atoms with Crippen LogP contribution in [0, 0.1) is 0 Å². The lowest BCUT2D eigenvalue weighted by atomic mass is 10.2. The summed E-state index contributed by atoms with van der Waals surface area (Å²) in [5.41, 5.74) is 0. The van der Waals surface area contributed by atoms with Gasteiger partial charge in [0.2, 0.25) is 0 Å². The number of ether oxygens (including phenoxy) is 1. The SMILES string of the molecule is COC(=O)CC(=O)CCCCl. The van der Waals surface area contributed by atoms with E-state index in [9.17, 15) is 9.59 Å². The van der Waals surface area contributed by atoms with E-state index in [-0.39, 0.29) is 12.2 Å². The lowest BCUT2D eigenvalue weighted by Gasteiger charge is -1.96. The smallest absolute Gasteiger partial charge is 0.313 e. The third kappa shape index (κ3) is 5.85. The molecule has 0 saturated heterocycles. The third-order valence-corrected chi connectivity index (χ3v) is 1.43. The van der Waals surface area contributed by atoms with Gasteiger partial charge in [0.1, 0.15) is 12.2 Å². The van der Waals surface area contributed by atoms with Crippen LogP contribution < -0.4 is 0 Å². The van der Waals surface area contributed by atoms with Crippen LogP contribution in [0.4, 0.5) is 0 Å². The normalized spacial score (nSPS) is 9.27. The fourth-order valence-corrected chi connectivity index (χ4v) is 0.719. The van der Waals surface area contributed by atoms with Crippen molar-refractivity contribution in [3.05, 3.63) is 0 Å². The van der Waals surface area contributed by atoms with E-state index in [1.807, 2.05) is 0 Å². The van der Waals surface area contributed by atoms with Gasteiger partial charge in [-0.15, -0.1) is 11.6 Å². The molecule has 64 valence electrons. The topological polar surface area (TPSA) is 43.4 Å². The number of ketones is 1. The Kier molecular flexibility index (Phi) is 5.84. The Hall–Kier alpha value is -0.570. The van der Waals surface area contributed by atoms with Gasteiger partial charge in [-0.25, -0.2) is 0 Å². The Morgan fingerprint density at radius 3 is 2.55 bits per heavy atom. The molecule has 0 spiro atoms. The lowest BCUT2D eigenvalue weighted by Crippen LogP contribution is -2.08. The number of hydrogen-bond acceptors (Lipinski definition) is 3. The number of methoxy groups -OCH3 is 1. The highest BCUT2D eigenvalue weighted by Crippen LogP contribution is 1.97. The Bertz CT molecular complexity index is 145. The fraction of sp³-hybridized carbons (Fsp3) is 0.714. The molecular weight excluding hydrogens is 168 g/mol. The molecule has 0 atom stereocenters. The molecule has 0 N–H and O–H groups in total. The Labute approximate surface area is 70.7 Å². The van der Waals surface area contributed by atoms with Crippen LogP contribution in [0.1, 0.15) is 19.3 Å². The molecule has 0 heterocycles. The second kappa shape index (κ2) is 6.16. The molecule has 11 heavy (non-hydrogen) atoms. The summed E-state index contributed by atoms with van der Waals surface area (Å²) in [5, 5.41) is 0. The summed E-state index contributed by atoms with van der Waals surface area (Å²) in [6.45, 7) is 0. The molecule has 4 heteroatoms. The van der Waals surface area contributed by atoms with Crippen molar-refractivity contribution in [1.82, 2.24) is 0 Å². The number of carbonyl (C=O) groups is 2. The van der Waals surface area contributed by atoms with Gasteiger partial charge in [0, 0.05) is 12.3 Å². The summed E-state index contributed by atoms with van der Waals surface area (Å²) >= 11 is 5.35. The minimum atomic E-state index is -0.482. The number of rotatable bonds is 5. The predicted octanol–water partition coefficient (Wildman–Crippen LogP) is 1.14. The van der Waals surface area contributed by atoms with Gasteiger partial charge < -0.3 is 4.74 Å². The first-order valence-corrected chi connectivity index (χ1v) is 3.88. The summed E-state index contributed by atoms with van der Waals surface area (Å²) in [4.78, 5) is 21.3. The minimum Gasteiger partial charge on any atom is -0.469 e. The van der Waals surface area contributed by atoms with Crippen LogP contribution in [0.5, 0.6) is 0 Å². The molecule has 0 aromatic heterocycles. The number of esters is 1. The molecule has 0 rings (SSSR count). The zero-order valence-electron chi connectivity index (χ0n) is 6.43. The summed E-state index contributed by atoms with van der Waals surface area (Å²) in [6, 6.07) is 0. The molecule has 0 aromatic carbocycles. The van der Waals surface area contributed by atoms with Crippen LogP contribution in [0.2, 0.25) is 0 Å². The zero-order valence-corrected chi connectivity index (χ0v) is 7.19. The van der Waals surface area contributed by atoms with Gasteiger partial charge in [-0.05, 0) is 6.42 Å². The van der Waals surface area contributed by atoms with Crippen LogP contribution in [0.25, 0.3) is 0 Å². The Morgan fingerprint density at radius 1 is 1.45 bits per heavy atom. The van der Waals surface area contributed by atoms with Crippen molar-refractivity contribution < 1.29 is 14.3 Å². The molecule has 0 radical (unpaired) electrons. The summed E-state index contributed by atoms with van der Waals surface area (Å²) in [5.74, 6) is -0.144. The maximum atomic E-state index is 10.8. The van der Waals surface area contributed by atoms with Gasteiger partial charge in [0.15, 0.2) is 0 Å². The van der Waals surface area contributed by atoms with Crippen LogP contribution >= 0.6 is 11.6 Å². The average molecular weight is 179 g/mol. The lowest BCUT2D eigenvalue weighted by molar-refractivity contribution is -0.143. The van der Waals surface area contributed by atoms with Crippen molar-refractivity contribution in [3.63, 3.8) is 0 Å². The van der Waals surface area contributed by atoms with Crippen molar-refractivity contribution in [2.24, 2.45) is 0 Å². The van der Waals surface area contributed by atoms with Gasteiger partial charge in [0.25, 0.3) is 0 Å². The predicted molar refractivity (Wildman–Crippen MR) is 41.6 cm³/mol. The Balaban J connectivity index is 3.44. The van der Waals surface area contributed by atoms with Crippen molar-refractivity contribution in [2.75, 3.05) is 13.0 Å². The Morgan fingerprint density at radius 2 is 2.09 bits per heavy atom. The molecule has 0 saturated carbocycles. The molecule has 0 aliphatic heterocycles. The maximum Gasteiger partial charge on any atom is 0.313 e. The van der Waals surface area contributed by atoms with Crippen LogP contribution in [0.15, 0.2) is 0 Å². The summed E-state index contributed by atoms with van der Waals surface area (Å²) < 4.78 is 4.31. The third-order valence-electron chi connectivity index (χ3n) is 1.16. The van der Waals surface area contributed by atoms with Gasteiger partial charge in [0.05, 0.1) is 7.11 Å². The van der Waals surface area contributed by atoms with Crippen LogP contribution in [0.3, 0.4) is 0 Å². The second-order valence-electron chi connectivity index (χ2n) is 2.08. The number of alkyl halides is 1. The van der Waals surface area contributed by atoms with E-state index < -0.39 is 5.97 Å². The van der Waals surface area contributed by atoms with Crippen molar-refractivity contribution in [1.29, 1.82) is 0 Å². The van der Waals surface area contributed by atoms with Gasteiger partial charge in [-0.2, -0.15) is 0 Å². The van der Waals surface area contributed by atoms with Crippen molar-refractivity contribution >= 4 is 23.4 Å². The van der Waals surface area contributed by atoms with Gasteiger partial charge >= 0.3 is 5.97 Å². The van der Waals surface area contributed by atoms with Gasteiger partial charge in [-0.1, -0.05) is 0 Å². The molecule has 0 amide bonds. The number of Topliss-reactive ketones (excluding diaryl/α,β-unsaturated/α-hetero) is 1. The standard InChI is InChI=1S/C7H11ClO3/c1-11-7(10)5-6(9)3-2-4-8/h2-5H2,1H3. The van der Waals surface area contributed by atoms with E-state index in [2.05, 4.69) is 4.74 Å². The molecular formula is C7H11ClO3. The summed E-state index contributed by atoms with van der Waals surface area (Å²) in [6.07, 6.45) is 0.851. The molecule has 0 aliphatic carbocycles. The van der Waals surface area contributed by atoms with Crippen molar-refractivity contribution in [3.8, 4) is 0 Å². The molecule has 0 fully saturated rings. The highest BCUT2D eigenvalue weighted by Gasteiger charge is 2.07. The van der Waals surface area contributed by atoms with Crippen LogP contribution in [-0.2, 0) is 14.3 Å². The van der Waals surface area contributed by atoms with Crippen molar-refractivity contribution in [2.45, 2.75) is 19.3 Å². The van der Waals surface area contributed by atoms with E-state index in [1.165, 1.54) is 7.11 Å². The highest BCUT2D eigenvalue weighted by molar-refractivity contribution is 6.18. The highest BCUT2D eigenvalue weighted by atomic mass is 35.5. The molecule has 3 nitrogen and oxygen atoms in total. The molecule has 0 bridgehead atoms. The quantitative estimate of drug-likeness (QED) is 0.360. The van der Waals surface area contributed by atoms with E-state index in [1.54, 1.807) is 0 Å². The zero-order chi connectivity index (χ0) is 8.69. The van der Waals surface area contributed by atoms with E-state index in [0.717, 1.165) is 0 Å². The molecule has 0 unspecified atom stereocenters. The molecule has 0 aliphatic rings. The number of halogens is 1. The van der Waals surface area contributed by atoms with Crippen LogP contribution in [-0.4, -0.2) is 24.7 Å². The number of hydrogen-bond donors (Lipinski definition) is 0.